The summed E-state index contributed by atoms with van der Waals surface area (Å²) in [5, 5.41) is 6.73. The van der Waals surface area contributed by atoms with Crippen LogP contribution in [0.5, 0.6) is 0 Å². The van der Waals surface area contributed by atoms with Crippen LogP contribution in [0.25, 0.3) is 11.0 Å². The molecule has 0 aliphatic rings. The summed E-state index contributed by atoms with van der Waals surface area (Å²) in [5.41, 5.74) is 6.08. The molecule has 3 rings (SSSR count). The van der Waals surface area contributed by atoms with E-state index in [-0.39, 0.29) is 0 Å². The van der Waals surface area contributed by atoms with Gasteiger partial charge in [-0.2, -0.15) is 0 Å². The van der Waals surface area contributed by atoms with Crippen LogP contribution < -0.4 is 10.6 Å². The van der Waals surface area contributed by atoms with Crippen LogP contribution >= 0.6 is 0 Å². The van der Waals surface area contributed by atoms with Crippen LogP contribution in [-0.4, -0.2) is 36.1 Å². The first-order valence-corrected chi connectivity index (χ1v) is 9.09. The Morgan fingerprint density at radius 3 is 2.38 bits per heavy atom. The SMILES string of the molecule is CN=C(NCCc1cc(C)cc(C)c1)NCCc1nc2ccccc2[nH]1. The van der Waals surface area contributed by atoms with E-state index < -0.39 is 0 Å². The van der Waals surface area contributed by atoms with Crippen LogP contribution in [0.1, 0.15) is 22.5 Å². The second kappa shape index (κ2) is 8.52. The summed E-state index contributed by atoms with van der Waals surface area (Å²) in [5.74, 6) is 1.81. The lowest BCUT2D eigenvalue weighted by molar-refractivity contribution is 0.770. The molecule has 136 valence electrons. The van der Waals surface area contributed by atoms with Crippen molar-refractivity contribution in [3.05, 3.63) is 65.0 Å². The quantitative estimate of drug-likeness (QED) is 0.473. The molecule has 5 heteroatoms. The number of imidazole rings is 1. The monoisotopic (exact) mass is 349 g/mol. The molecule has 0 amide bonds. The van der Waals surface area contributed by atoms with Gasteiger partial charge in [-0.25, -0.2) is 4.98 Å². The maximum atomic E-state index is 4.60. The molecule has 2 aromatic carbocycles. The van der Waals surface area contributed by atoms with Gasteiger partial charge in [-0.3, -0.25) is 4.99 Å². The molecule has 1 heterocycles. The molecule has 0 atom stereocenters. The van der Waals surface area contributed by atoms with Gasteiger partial charge in [-0.05, 0) is 38.0 Å². The third kappa shape index (κ3) is 4.85. The number of fused-ring (bicyclic) bond motifs is 1. The van der Waals surface area contributed by atoms with Crippen LogP contribution in [-0.2, 0) is 12.8 Å². The zero-order valence-corrected chi connectivity index (χ0v) is 15.8. The summed E-state index contributed by atoms with van der Waals surface area (Å²) < 4.78 is 0. The maximum absolute atomic E-state index is 4.60. The lowest BCUT2D eigenvalue weighted by Crippen LogP contribution is -2.39. The molecule has 0 bridgehead atoms. The normalized spacial score (nSPS) is 11.7. The highest BCUT2D eigenvalue weighted by atomic mass is 15.2. The minimum atomic E-state index is 0.781. The molecule has 5 nitrogen and oxygen atoms in total. The van der Waals surface area contributed by atoms with Gasteiger partial charge in [-0.15, -0.1) is 0 Å². The number of nitrogens with one attached hydrogen (secondary N) is 3. The Bertz CT molecular complexity index is 841. The number of aryl methyl sites for hydroxylation is 2. The zero-order valence-electron chi connectivity index (χ0n) is 15.8. The molecular weight excluding hydrogens is 322 g/mol. The van der Waals surface area contributed by atoms with Crippen molar-refractivity contribution in [2.24, 2.45) is 4.99 Å². The molecule has 3 aromatic rings. The first-order chi connectivity index (χ1) is 12.6. The fourth-order valence-electron chi connectivity index (χ4n) is 3.18. The summed E-state index contributed by atoms with van der Waals surface area (Å²) in [6.07, 6.45) is 1.80. The van der Waals surface area contributed by atoms with Crippen molar-refractivity contribution in [2.75, 3.05) is 20.1 Å². The predicted molar refractivity (Wildman–Crippen MR) is 109 cm³/mol. The molecule has 0 aliphatic carbocycles. The zero-order chi connectivity index (χ0) is 18.4. The minimum absolute atomic E-state index is 0.781. The lowest BCUT2D eigenvalue weighted by atomic mass is 10.1. The largest absolute Gasteiger partial charge is 0.356 e. The maximum Gasteiger partial charge on any atom is 0.191 e. The molecule has 0 spiro atoms. The number of hydrogen-bond acceptors (Lipinski definition) is 2. The molecule has 0 unspecified atom stereocenters. The van der Waals surface area contributed by atoms with Gasteiger partial charge in [0, 0.05) is 26.6 Å². The average Bonchev–Trinajstić information content (AvgIpc) is 3.02. The molecule has 26 heavy (non-hydrogen) atoms. The minimum Gasteiger partial charge on any atom is -0.356 e. The van der Waals surface area contributed by atoms with Crippen molar-refractivity contribution in [1.82, 2.24) is 20.6 Å². The molecule has 0 radical (unpaired) electrons. The second-order valence-corrected chi connectivity index (χ2v) is 6.62. The highest BCUT2D eigenvalue weighted by Crippen LogP contribution is 2.10. The fourth-order valence-corrected chi connectivity index (χ4v) is 3.18. The van der Waals surface area contributed by atoms with E-state index in [0.717, 1.165) is 48.7 Å². The van der Waals surface area contributed by atoms with Crippen molar-refractivity contribution < 1.29 is 0 Å². The van der Waals surface area contributed by atoms with Crippen LogP contribution in [0, 0.1) is 13.8 Å². The van der Waals surface area contributed by atoms with E-state index >= 15 is 0 Å². The van der Waals surface area contributed by atoms with Crippen LogP contribution in [0.3, 0.4) is 0 Å². The number of guanidine groups is 1. The van der Waals surface area contributed by atoms with Gasteiger partial charge >= 0.3 is 0 Å². The van der Waals surface area contributed by atoms with Crippen molar-refractivity contribution in [1.29, 1.82) is 0 Å². The van der Waals surface area contributed by atoms with Crippen molar-refractivity contribution in [3.63, 3.8) is 0 Å². The van der Waals surface area contributed by atoms with Crippen LogP contribution in [0.15, 0.2) is 47.5 Å². The van der Waals surface area contributed by atoms with Crippen LogP contribution in [0.4, 0.5) is 0 Å². The highest BCUT2D eigenvalue weighted by molar-refractivity contribution is 5.79. The number of para-hydroxylation sites is 2. The number of benzene rings is 2. The van der Waals surface area contributed by atoms with Gasteiger partial charge in [0.2, 0.25) is 0 Å². The summed E-state index contributed by atoms with van der Waals surface area (Å²) in [6, 6.07) is 14.8. The van der Waals surface area contributed by atoms with E-state index in [1.165, 1.54) is 16.7 Å². The first kappa shape index (κ1) is 18.0. The third-order valence-electron chi connectivity index (χ3n) is 4.30. The van der Waals surface area contributed by atoms with Gasteiger partial charge in [-0.1, -0.05) is 41.5 Å². The Morgan fingerprint density at radius 2 is 1.69 bits per heavy atom. The number of aromatic nitrogens is 2. The topological polar surface area (TPSA) is 65.1 Å². The van der Waals surface area contributed by atoms with E-state index in [0.29, 0.717) is 0 Å². The molecule has 3 N–H and O–H groups in total. The second-order valence-electron chi connectivity index (χ2n) is 6.62. The van der Waals surface area contributed by atoms with Gasteiger partial charge in [0.25, 0.3) is 0 Å². The van der Waals surface area contributed by atoms with Gasteiger partial charge in [0.05, 0.1) is 11.0 Å². The Balaban J connectivity index is 1.44. The summed E-state index contributed by atoms with van der Waals surface area (Å²) in [6.45, 7) is 5.92. The molecular formula is C21H27N5. The molecule has 0 fully saturated rings. The Hall–Kier alpha value is -2.82. The lowest BCUT2D eigenvalue weighted by Gasteiger charge is -2.12. The molecule has 1 aromatic heterocycles. The number of aromatic amines is 1. The number of aliphatic imine (C=N–C) groups is 1. The third-order valence-corrected chi connectivity index (χ3v) is 4.30. The molecule has 0 saturated carbocycles. The highest BCUT2D eigenvalue weighted by Gasteiger charge is 2.03. The number of hydrogen-bond donors (Lipinski definition) is 3. The number of H-pyrrole nitrogens is 1. The van der Waals surface area contributed by atoms with E-state index in [1.54, 1.807) is 7.05 Å². The standard InChI is InChI=1S/C21H27N5/c1-15-12-16(2)14-17(13-15)8-10-23-21(22-3)24-11-9-20-25-18-6-4-5-7-19(18)26-20/h4-7,12-14H,8-11H2,1-3H3,(H,25,26)(H2,22,23,24). The summed E-state index contributed by atoms with van der Waals surface area (Å²) in [7, 11) is 1.80. The fraction of sp³-hybridized carbons (Fsp3) is 0.333. The van der Waals surface area contributed by atoms with E-state index in [9.17, 15) is 0 Å². The Kier molecular flexibility index (Phi) is 5.89. The van der Waals surface area contributed by atoms with Crippen LogP contribution in [0.2, 0.25) is 0 Å². The van der Waals surface area contributed by atoms with Gasteiger partial charge < -0.3 is 15.6 Å². The van der Waals surface area contributed by atoms with Gasteiger partial charge in [0.1, 0.15) is 5.82 Å². The molecule has 0 saturated heterocycles. The van der Waals surface area contributed by atoms with E-state index in [1.807, 2.05) is 24.3 Å². The smallest absolute Gasteiger partial charge is 0.191 e. The number of rotatable bonds is 6. The van der Waals surface area contributed by atoms with Crippen molar-refractivity contribution in [3.8, 4) is 0 Å². The van der Waals surface area contributed by atoms with E-state index in [2.05, 4.69) is 57.6 Å². The Morgan fingerprint density at radius 1 is 1.00 bits per heavy atom. The average molecular weight is 349 g/mol. The predicted octanol–water partition coefficient (Wildman–Crippen LogP) is 3.13. The Labute approximate surface area is 155 Å². The first-order valence-electron chi connectivity index (χ1n) is 9.09. The number of nitrogens with zero attached hydrogens (tertiary/aromatic N) is 2. The van der Waals surface area contributed by atoms with Crippen molar-refractivity contribution in [2.45, 2.75) is 26.7 Å². The summed E-state index contributed by atoms with van der Waals surface area (Å²) >= 11 is 0. The van der Waals surface area contributed by atoms with Crippen molar-refractivity contribution >= 4 is 17.0 Å². The van der Waals surface area contributed by atoms with Gasteiger partial charge in [0.15, 0.2) is 5.96 Å². The summed E-state index contributed by atoms with van der Waals surface area (Å²) in [4.78, 5) is 12.2. The van der Waals surface area contributed by atoms with E-state index in [4.69, 9.17) is 0 Å². The molecule has 0 aliphatic heterocycles.